The summed E-state index contributed by atoms with van der Waals surface area (Å²) in [4.78, 5) is 24.9. The Morgan fingerprint density at radius 2 is 1.15 bits per heavy atom. The van der Waals surface area contributed by atoms with Gasteiger partial charge in [0.05, 0.1) is 32.0 Å². The van der Waals surface area contributed by atoms with Crippen LogP contribution in [0.1, 0.15) is 33.5 Å². The van der Waals surface area contributed by atoms with Crippen molar-refractivity contribution >= 4 is 12.1 Å². The first-order valence-corrected chi connectivity index (χ1v) is 18.1. The molecule has 0 radical (unpaired) electrons. The zero-order chi connectivity index (χ0) is 37.1. The maximum Gasteiger partial charge on any atom is 0.509 e. The topological polar surface area (TPSA) is 126 Å². The minimum Gasteiger partial charge on any atom is -0.459 e. The van der Waals surface area contributed by atoms with Gasteiger partial charge >= 0.3 is 12.1 Å². The standard InChI is InChI=1S/C42H44O12/c1-45-41-39(49-25-30-18-10-4-11-19-30)38(48-24-29-16-8-3-9-17-29)37(47-23-28-14-6-2-7-15-28)34(52-41)26-46-35-22-32-36(54-42(44)53-32)33(51-35)27-50-40(43)31-20-12-5-13-21-31/h2-21,32-39,41H,22-27H2,1H3/t32-,33-,34-,35+,36+,37-,38+,39-,41+/m1/s1. The Balaban J connectivity index is 1.10. The van der Waals surface area contributed by atoms with E-state index in [1.165, 1.54) is 0 Å². The zero-order valence-electron chi connectivity index (χ0n) is 29.9. The molecule has 0 aromatic heterocycles. The van der Waals surface area contributed by atoms with Gasteiger partial charge in [0, 0.05) is 13.5 Å². The second-order valence-corrected chi connectivity index (χ2v) is 13.2. The summed E-state index contributed by atoms with van der Waals surface area (Å²) in [5.74, 6) is -0.533. The van der Waals surface area contributed by atoms with Crippen molar-refractivity contribution in [3.05, 3.63) is 144 Å². The molecule has 7 rings (SSSR count). The molecule has 3 saturated heterocycles. The number of esters is 1. The average molecular weight is 741 g/mol. The van der Waals surface area contributed by atoms with Crippen LogP contribution in [0.15, 0.2) is 121 Å². The van der Waals surface area contributed by atoms with E-state index in [2.05, 4.69) is 0 Å². The number of hydrogen-bond acceptors (Lipinski definition) is 12. The fraction of sp³-hybridized carbons (Fsp3) is 0.381. The van der Waals surface area contributed by atoms with E-state index < -0.39 is 67.4 Å². The molecule has 12 heteroatoms. The molecule has 0 bridgehead atoms. The lowest BCUT2D eigenvalue weighted by atomic mass is 9.97. The van der Waals surface area contributed by atoms with E-state index in [0.29, 0.717) is 12.2 Å². The number of carbonyl (C=O) groups is 2. The van der Waals surface area contributed by atoms with Crippen molar-refractivity contribution in [3.8, 4) is 0 Å². The van der Waals surface area contributed by atoms with Gasteiger partial charge in [0.15, 0.2) is 18.7 Å². The third-order valence-corrected chi connectivity index (χ3v) is 9.48. The molecule has 3 fully saturated rings. The Morgan fingerprint density at radius 3 is 1.72 bits per heavy atom. The molecule has 3 heterocycles. The van der Waals surface area contributed by atoms with Crippen LogP contribution in [0.5, 0.6) is 0 Å². The van der Waals surface area contributed by atoms with Crippen molar-refractivity contribution in [2.24, 2.45) is 0 Å². The quantitative estimate of drug-likeness (QED) is 0.125. The van der Waals surface area contributed by atoms with Gasteiger partial charge in [-0.2, -0.15) is 0 Å². The summed E-state index contributed by atoms with van der Waals surface area (Å²) in [6, 6.07) is 38.1. The number of rotatable bonds is 16. The van der Waals surface area contributed by atoms with Gasteiger partial charge in [0.1, 0.15) is 43.2 Å². The van der Waals surface area contributed by atoms with Crippen LogP contribution in [0.2, 0.25) is 0 Å². The Labute approximate surface area is 314 Å². The van der Waals surface area contributed by atoms with E-state index in [9.17, 15) is 9.59 Å². The third kappa shape index (κ3) is 9.71. The van der Waals surface area contributed by atoms with E-state index in [-0.39, 0.29) is 32.8 Å². The van der Waals surface area contributed by atoms with Gasteiger partial charge in [-0.1, -0.05) is 109 Å². The molecule has 0 spiro atoms. The van der Waals surface area contributed by atoms with Crippen LogP contribution in [-0.4, -0.2) is 87.8 Å². The van der Waals surface area contributed by atoms with Gasteiger partial charge in [0.2, 0.25) is 0 Å². The zero-order valence-corrected chi connectivity index (χ0v) is 29.9. The van der Waals surface area contributed by atoms with Crippen LogP contribution >= 0.6 is 0 Å². The van der Waals surface area contributed by atoms with Gasteiger partial charge in [0.25, 0.3) is 0 Å². The Bertz CT molecular complexity index is 1740. The maximum absolute atomic E-state index is 12.7. The van der Waals surface area contributed by atoms with Crippen molar-refractivity contribution in [2.75, 3.05) is 20.3 Å². The van der Waals surface area contributed by atoms with E-state index >= 15 is 0 Å². The molecule has 0 aliphatic carbocycles. The number of fused-ring (bicyclic) bond motifs is 1. The first kappa shape index (κ1) is 37.6. The van der Waals surface area contributed by atoms with Gasteiger partial charge in [-0.15, -0.1) is 0 Å². The van der Waals surface area contributed by atoms with Crippen LogP contribution in [0.3, 0.4) is 0 Å². The van der Waals surface area contributed by atoms with Crippen molar-refractivity contribution in [3.63, 3.8) is 0 Å². The molecular weight excluding hydrogens is 696 g/mol. The summed E-state index contributed by atoms with van der Waals surface area (Å²) in [6.07, 6.45) is -7.35. The summed E-state index contributed by atoms with van der Waals surface area (Å²) in [5, 5.41) is 0. The van der Waals surface area contributed by atoms with Crippen molar-refractivity contribution in [2.45, 2.75) is 81.5 Å². The summed E-state index contributed by atoms with van der Waals surface area (Å²) in [7, 11) is 1.56. The molecular formula is C42H44O12. The number of benzene rings is 4. The van der Waals surface area contributed by atoms with Crippen molar-refractivity contribution in [1.82, 2.24) is 0 Å². The minimum absolute atomic E-state index is 0.0106. The van der Waals surface area contributed by atoms with E-state index in [4.69, 9.17) is 47.4 Å². The minimum atomic E-state index is -0.865. The van der Waals surface area contributed by atoms with Crippen molar-refractivity contribution < 1.29 is 57.0 Å². The average Bonchev–Trinajstić information content (AvgIpc) is 3.61. The number of carbonyl (C=O) groups excluding carboxylic acids is 2. The van der Waals surface area contributed by atoms with E-state index in [0.717, 1.165) is 16.7 Å². The Kier molecular flexibility index (Phi) is 13.0. The van der Waals surface area contributed by atoms with Crippen LogP contribution in [0, 0.1) is 0 Å². The van der Waals surface area contributed by atoms with Gasteiger partial charge in [-0.25, -0.2) is 9.59 Å². The highest BCUT2D eigenvalue weighted by atomic mass is 16.8. The Hall–Kier alpha value is -4.66. The second-order valence-electron chi connectivity index (χ2n) is 13.2. The highest BCUT2D eigenvalue weighted by Crippen LogP contribution is 2.34. The number of methoxy groups -OCH3 is 1. The molecule has 0 N–H and O–H groups in total. The first-order chi connectivity index (χ1) is 26.5. The molecule has 4 aromatic rings. The normalized spacial score (nSPS) is 27.7. The van der Waals surface area contributed by atoms with Gasteiger partial charge in [-0.05, 0) is 28.8 Å². The summed E-state index contributed by atoms with van der Waals surface area (Å²) < 4.78 is 61.3. The highest BCUT2D eigenvalue weighted by molar-refractivity contribution is 5.89. The Morgan fingerprint density at radius 1 is 0.611 bits per heavy atom. The molecule has 3 aliphatic rings. The fourth-order valence-corrected chi connectivity index (χ4v) is 6.75. The number of hydrogen-bond donors (Lipinski definition) is 0. The van der Waals surface area contributed by atoms with Crippen LogP contribution < -0.4 is 0 Å². The van der Waals surface area contributed by atoms with Gasteiger partial charge < -0.3 is 47.4 Å². The number of ether oxygens (including phenoxy) is 10. The van der Waals surface area contributed by atoms with Crippen LogP contribution in [0.25, 0.3) is 0 Å². The highest BCUT2D eigenvalue weighted by Gasteiger charge is 2.51. The monoisotopic (exact) mass is 740 g/mol. The second kappa shape index (κ2) is 18.6. The summed E-state index contributed by atoms with van der Waals surface area (Å²) in [5.41, 5.74) is 3.31. The molecule has 4 aromatic carbocycles. The predicted octanol–water partition coefficient (Wildman–Crippen LogP) is 6.01. The predicted molar refractivity (Wildman–Crippen MR) is 192 cm³/mol. The lowest BCUT2D eigenvalue weighted by Gasteiger charge is -2.46. The summed E-state index contributed by atoms with van der Waals surface area (Å²) in [6.45, 7) is 0.655. The largest absolute Gasteiger partial charge is 0.509 e. The summed E-state index contributed by atoms with van der Waals surface area (Å²) >= 11 is 0. The smallest absolute Gasteiger partial charge is 0.459 e. The van der Waals surface area contributed by atoms with E-state index in [1.54, 1.807) is 37.4 Å². The lowest BCUT2D eigenvalue weighted by Crippen LogP contribution is -2.62. The van der Waals surface area contributed by atoms with Crippen LogP contribution in [-0.2, 0) is 67.2 Å². The molecule has 3 aliphatic heterocycles. The molecule has 9 atom stereocenters. The van der Waals surface area contributed by atoms with E-state index in [1.807, 2.05) is 91.0 Å². The van der Waals surface area contributed by atoms with Gasteiger partial charge in [-0.3, -0.25) is 0 Å². The SMILES string of the molecule is CO[C@H]1O[C@H](CO[C@@H]2C[C@H]3OC(=O)O[C@@H]3[C@@H](COC(=O)c3ccccc3)O2)[C@@H](OCc2ccccc2)[C@H](OCc2ccccc2)[C@H]1OCc1ccccc1. The molecule has 0 unspecified atom stereocenters. The molecule has 12 nitrogen and oxygen atoms in total. The maximum atomic E-state index is 12.7. The fourth-order valence-electron chi connectivity index (χ4n) is 6.75. The van der Waals surface area contributed by atoms with Crippen molar-refractivity contribution in [1.29, 1.82) is 0 Å². The molecule has 54 heavy (non-hydrogen) atoms. The van der Waals surface area contributed by atoms with Crippen LogP contribution in [0.4, 0.5) is 4.79 Å². The molecule has 284 valence electrons. The lowest BCUT2D eigenvalue weighted by molar-refractivity contribution is -0.331. The first-order valence-electron chi connectivity index (χ1n) is 18.1. The molecule has 0 amide bonds. The third-order valence-electron chi connectivity index (χ3n) is 9.48. The molecule has 0 saturated carbocycles.